The zero-order valence-corrected chi connectivity index (χ0v) is 12.1. The molecule has 0 radical (unpaired) electrons. The first-order valence-electron chi connectivity index (χ1n) is 7.24. The van der Waals surface area contributed by atoms with E-state index in [1.807, 2.05) is 6.07 Å². The van der Waals surface area contributed by atoms with Crippen molar-refractivity contribution in [3.05, 3.63) is 29.3 Å². The van der Waals surface area contributed by atoms with Gasteiger partial charge in [-0.15, -0.1) is 0 Å². The van der Waals surface area contributed by atoms with Crippen molar-refractivity contribution in [2.75, 3.05) is 20.3 Å². The van der Waals surface area contributed by atoms with Crippen molar-refractivity contribution in [3.63, 3.8) is 0 Å². The lowest BCUT2D eigenvalue weighted by Crippen LogP contribution is -2.34. The second kappa shape index (κ2) is 7.51. The number of aryl methyl sites for hydroxylation is 1. The van der Waals surface area contributed by atoms with Crippen LogP contribution in [0.5, 0.6) is 5.75 Å². The summed E-state index contributed by atoms with van der Waals surface area (Å²) in [6, 6.07) is 6.86. The van der Waals surface area contributed by atoms with E-state index >= 15 is 0 Å². The Morgan fingerprint density at radius 2 is 2.21 bits per heavy atom. The van der Waals surface area contributed by atoms with Crippen LogP contribution in [-0.2, 0) is 11.3 Å². The number of benzene rings is 1. The molecule has 106 valence electrons. The number of methoxy groups -OCH3 is 1. The number of ether oxygens (including phenoxy) is 2. The zero-order valence-electron chi connectivity index (χ0n) is 12.1. The van der Waals surface area contributed by atoms with Crippen LogP contribution in [0.1, 0.15) is 36.8 Å². The molecular weight excluding hydrogens is 238 g/mol. The fraction of sp³-hybridized carbons (Fsp3) is 0.625. The molecule has 3 nitrogen and oxygen atoms in total. The van der Waals surface area contributed by atoms with Crippen LogP contribution < -0.4 is 10.1 Å². The van der Waals surface area contributed by atoms with Crippen molar-refractivity contribution >= 4 is 0 Å². The molecule has 1 aromatic rings. The minimum atomic E-state index is 0.636. The summed E-state index contributed by atoms with van der Waals surface area (Å²) in [6.07, 6.45) is 5.06. The highest BCUT2D eigenvalue weighted by atomic mass is 16.5. The van der Waals surface area contributed by atoms with Crippen LogP contribution in [0.2, 0.25) is 0 Å². The highest BCUT2D eigenvalue weighted by molar-refractivity contribution is 5.36. The highest BCUT2D eigenvalue weighted by Crippen LogP contribution is 2.20. The Hall–Kier alpha value is -1.06. The molecule has 1 aromatic carbocycles. The summed E-state index contributed by atoms with van der Waals surface area (Å²) in [5.41, 5.74) is 2.38. The molecule has 1 atom stereocenters. The normalized spacial score (nSPS) is 19.4. The molecule has 2 rings (SSSR count). The summed E-state index contributed by atoms with van der Waals surface area (Å²) in [4.78, 5) is 0. The summed E-state index contributed by atoms with van der Waals surface area (Å²) in [6.45, 7) is 4.71. The molecule has 1 saturated heterocycles. The van der Waals surface area contributed by atoms with Gasteiger partial charge in [0, 0.05) is 18.2 Å². The molecule has 0 saturated carbocycles. The van der Waals surface area contributed by atoms with Crippen molar-refractivity contribution in [1.82, 2.24) is 5.32 Å². The molecule has 0 bridgehead atoms. The molecule has 1 N–H and O–H groups in total. The first-order valence-corrected chi connectivity index (χ1v) is 7.24. The molecule has 1 aliphatic rings. The maximum Gasteiger partial charge on any atom is 0.124 e. The molecule has 0 aliphatic carbocycles. The van der Waals surface area contributed by atoms with Crippen LogP contribution in [0.3, 0.4) is 0 Å². The molecule has 1 fully saturated rings. The fourth-order valence-corrected chi connectivity index (χ4v) is 2.60. The molecule has 0 aromatic heterocycles. The van der Waals surface area contributed by atoms with Gasteiger partial charge in [0.2, 0.25) is 0 Å². The minimum absolute atomic E-state index is 0.636. The first kappa shape index (κ1) is 14.4. The average Bonchev–Trinajstić information content (AvgIpc) is 2.45. The molecule has 1 aliphatic heterocycles. The molecule has 1 heterocycles. The molecule has 19 heavy (non-hydrogen) atoms. The van der Waals surface area contributed by atoms with Crippen molar-refractivity contribution in [3.8, 4) is 5.75 Å². The van der Waals surface area contributed by atoms with Crippen LogP contribution in [0, 0.1) is 6.92 Å². The van der Waals surface area contributed by atoms with Crippen molar-refractivity contribution < 1.29 is 9.47 Å². The standard InChI is InChI=1S/C16H25NO2/c1-13-6-7-16(18-2)14(11-13)12-19-10-8-15-5-3-4-9-17-15/h6-7,11,15,17H,3-5,8-10,12H2,1-2H3. The smallest absolute Gasteiger partial charge is 0.124 e. The lowest BCUT2D eigenvalue weighted by Gasteiger charge is -2.23. The summed E-state index contributed by atoms with van der Waals surface area (Å²) in [5, 5.41) is 3.54. The van der Waals surface area contributed by atoms with Gasteiger partial charge in [-0.05, 0) is 38.8 Å². The minimum Gasteiger partial charge on any atom is -0.496 e. The zero-order chi connectivity index (χ0) is 13.5. The second-order valence-corrected chi connectivity index (χ2v) is 5.30. The van der Waals surface area contributed by atoms with E-state index < -0.39 is 0 Å². The number of hydrogen-bond donors (Lipinski definition) is 1. The number of piperidine rings is 1. The predicted octanol–water partition coefficient (Wildman–Crippen LogP) is 3.05. The van der Waals surface area contributed by atoms with Gasteiger partial charge in [0.05, 0.1) is 13.7 Å². The van der Waals surface area contributed by atoms with Gasteiger partial charge in [0.15, 0.2) is 0 Å². The predicted molar refractivity (Wildman–Crippen MR) is 77.6 cm³/mol. The van der Waals surface area contributed by atoms with E-state index in [0.717, 1.165) is 30.9 Å². The summed E-state index contributed by atoms with van der Waals surface area (Å²) in [5.74, 6) is 0.918. The van der Waals surface area contributed by atoms with E-state index in [4.69, 9.17) is 9.47 Å². The van der Waals surface area contributed by atoms with Crippen molar-refractivity contribution in [2.24, 2.45) is 0 Å². The Kier molecular flexibility index (Phi) is 5.67. The second-order valence-electron chi connectivity index (χ2n) is 5.30. The van der Waals surface area contributed by atoms with E-state index in [-0.39, 0.29) is 0 Å². The number of hydrogen-bond acceptors (Lipinski definition) is 3. The van der Waals surface area contributed by atoms with Gasteiger partial charge in [-0.2, -0.15) is 0 Å². The monoisotopic (exact) mass is 263 g/mol. The maximum atomic E-state index is 5.80. The van der Waals surface area contributed by atoms with Crippen LogP contribution in [-0.4, -0.2) is 26.3 Å². The Bertz CT molecular complexity index is 386. The van der Waals surface area contributed by atoms with Crippen LogP contribution >= 0.6 is 0 Å². The summed E-state index contributed by atoms with van der Waals surface area (Å²) < 4.78 is 11.2. The lowest BCUT2D eigenvalue weighted by atomic mass is 10.0. The SMILES string of the molecule is COc1ccc(C)cc1COCCC1CCCCN1. The van der Waals surface area contributed by atoms with Gasteiger partial charge in [-0.1, -0.05) is 24.1 Å². The number of rotatable bonds is 6. The first-order chi connectivity index (χ1) is 9.29. The van der Waals surface area contributed by atoms with E-state index in [9.17, 15) is 0 Å². The van der Waals surface area contributed by atoms with Crippen LogP contribution in [0.25, 0.3) is 0 Å². The van der Waals surface area contributed by atoms with Gasteiger partial charge >= 0.3 is 0 Å². The highest BCUT2D eigenvalue weighted by Gasteiger charge is 2.12. The van der Waals surface area contributed by atoms with E-state index in [0.29, 0.717) is 12.6 Å². The van der Waals surface area contributed by atoms with Gasteiger partial charge in [-0.25, -0.2) is 0 Å². The lowest BCUT2D eigenvalue weighted by molar-refractivity contribution is 0.106. The van der Waals surface area contributed by atoms with E-state index in [2.05, 4.69) is 24.4 Å². The molecular formula is C16H25NO2. The Labute approximate surface area is 116 Å². The quantitative estimate of drug-likeness (QED) is 0.800. The third-order valence-electron chi connectivity index (χ3n) is 3.72. The van der Waals surface area contributed by atoms with Crippen LogP contribution in [0.15, 0.2) is 18.2 Å². The average molecular weight is 263 g/mol. The molecule has 3 heteroatoms. The largest absolute Gasteiger partial charge is 0.496 e. The fourth-order valence-electron chi connectivity index (χ4n) is 2.60. The molecule has 0 amide bonds. The molecule has 1 unspecified atom stereocenters. The van der Waals surface area contributed by atoms with Crippen molar-refractivity contribution in [2.45, 2.75) is 45.3 Å². The summed E-state index contributed by atoms with van der Waals surface area (Å²) in [7, 11) is 1.71. The topological polar surface area (TPSA) is 30.5 Å². The third-order valence-corrected chi connectivity index (χ3v) is 3.72. The van der Waals surface area contributed by atoms with Gasteiger partial charge in [-0.3, -0.25) is 0 Å². The summed E-state index contributed by atoms with van der Waals surface area (Å²) >= 11 is 0. The number of nitrogens with one attached hydrogen (secondary N) is 1. The van der Waals surface area contributed by atoms with Gasteiger partial charge in [0.1, 0.15) is 5.75 Å². The van der Waals surface area contributed by atoms with Crippen molar-refractivity contribution in [1.29, 1.82) is 0 Å². The third kappa shape index (κ3) is 4.51. The maximum absolute atomic E-state index is 5.80. The van der Waals surface area contributed by atoms with Crippen LogP contribution in [0.4, 0.5) is 0 Å². The Morgan fingerprint density at radius 3 is 2.95 bits per heavy atom. The molecule has 0 spiro atoms. The Balaban J connectivity index is 1.74. The van der Waals surface area contributed by atoms with Gasteiger partial charge < -0.3 is 14.8 Å². The van der Waals surface area contributed by atoms with E-state index in [1.54, 1.807) is 7.11 Å². The van der Waals surface area contributed by atoms with Gasteiger partial charge in [0.25, 0.3) is 0 Å². The Morgan fingerprint density at radius 1 is 1.32 bits per heavy atom. The van der Waals surface area contributed by atoms with E-state index in [1.165, 1.54) is 24.8 Å².